The molecule has 1 fully saturated rings. The van der Waals surface area contributed by atoms with Crippen LogP contribution in [-0.2, 0) is 11.3 Å². The molecule has 6 heteroatoms. The van der Waals surface area contributed by atoms with Crippen LogP contribution in [0.2, 0.25) is 0 Å². The Bertz CT molecular complexity index is 588. The van der Waals surface area contributed by atoms with Crippen LogP contribution in [0.3, 0.4) is 0 Å². The van der Waals surface area contributed by atoms with Gasteiger partial charge in [-0.2, -0.15) is 0 Å². The molecule has 1 atom stereocenters. The lowest BCUT2D eigenvalue weighted by molar-refractivity contribution is -0.0751. The minimum absolute atomic E-state index is 0.152. The van der Waals surface area contributed by atoms with Crippen LogP contribution in [-0.4, -0.2) is 34.2 Å². The maximum atomic E-state index is 5.95. The normalized spacial score (nSPS) is 23.2. The Morgan fingerprint density at radius 3 is 3.05 bits per heavy atom. The van der Waals surface area contributed by atoms with Crippen LogP contribution in [0.5, 0.6) is 0 Å². The second-order valence-corrected chi connectivity index (χ2v) is 6.58. The van der Waals surface area contributed by atoms with Crippen molar-refractivity contribution in [3.8, 4) is 0 Å². The third-order valence-corrected chi connectivity index (χ3v) is 4.16. The van der Waals surface area contributed by atoms with Crippen molar-refractivity contribution in [3.63, 3.8) is 0 Å². The number of morpholine rings is 1. The molecule has 5 nitrogen and oxygen atoms in total. The van der Waals surface area contributed by atoms with Gasteiger partial charge < -0.3 is 15.4 Å². The average Bonchev–Trinajstić information content (AvgIpc) is 2.84. The molecule has 1 aliphatic heterocycles. The van der Waals surface area contributed by atoms with Gasteiger partial charge in [0.15, 0.2) is 10.8 Å². The molecule has 0 aliphatic carbocycles. The van der Waals surface area contributed by atoms with Crippen LogP contribution in [0, 0.1) is 0 Å². The summed E-state index contributed by atoms with van der Waals surface area (Å²) in [6.07, 6.45) is 2.24. The summed E-state index contributed by atoms with van der Waals surface area (Å²) in [5.74, 6) is 1.01. The van der Waals surface area contributed by atoms with Gasteiger partial charge >= 0.3 is 0 Å². The largest absolute Gasteiger partial charge is 0.369 e. The molecule has 0 saturated carbocycles. The predicted molar refractivity (Wildman–Crippen MR) is 77.8 cm³/mol. The summed E-state index contributed by atoms with van der Waals surface area (Å²) in [6.45, 7) is 8.55. The maximum Gasteiger partial charge on any atom is 0.195 e. The lowest BCUT2D eigenvalue weighted by atomic mass is 10.1. The number of nitrogens with two attached hydrogens (primary N) is 1. The minimum atomic E-state index is -0.152. The molecular weight excluding hydrogens is 260 g/mol. The van der Waals surface area contributed by atoms with Gasteiger partial charge in [-0.3, -0.25) is 4.40 Å². The average molecular weight is 280 g/mol. The number of ether oxygens (including phenoxy) is 1. The fourth-order valence-electron chi connectivity index (χ4n) is 2.88. The molecule has 0 spiro atoms. The highest BCUT2D eigenvalue weighted by Gasteiger charge is 2.33. The Morgan fingerprint density at radius 2 is 2.37 bits per heavy atom. The summed E-state index contributed by atoms with van der Waals surface area (Å²) in [7, 11) is 0. The van der Waals surface area contributed by atoms with Crippen LogP contribution in [0.1, 0.15) is 26.5 Å². The van der Waals surface area contributed by atoms with E-state index in [1.807, 2.05) is 11.6 Å². The van der Waals surface area contributed by atoms with E-state index in [-0.39, 0.29) is 11.7 Å². The summed E-state index contributed by atoms with van der Waals surface area (Å²) in [6, 6.07) is 0. The van der Waals surface area contributed by atoms with E-state index in [0.29, 0.717) is 6.54 Å². The molecule has 1 unspecified atom stereocenters. The van der Waals surface area contributed by atoms with Crippen molar-refractivity contribution in [2.75, 3.05) is 18.0 Å². The molecule has 0 aromatic carbocycles. The molecule has 3 heterocycles. The molecule has 2 aromatic rings. The first-order valence-corrected chi connectivity index (χ1v) is 7.45. The van der Waals surface area contributed by atoms with Gasteiger partial charge in [0, 0.05) is 31.2 Å². The number of imidazole rings is 1. The lowest BCUT2D eigenvalue weighted by Gasteiger charge is -2.42. The molecule has 0 bridgehead atoms. The summed E-state index contributed by atoms with van der Waals surface area (Å²) < 4.78 is 8.04. The van der Waals surface area contributed by atoms with E-state index < -0.39 is 0 Å². The first-order chi connectivity index (χ1) is 9.00. The van der Waals surface area contributed by atoms with E-state index in [0.717, 1.165) is 29.6 Å². The molecular formula is C13H20N4OS. The van der Waals surface area contributed by atoms with Gasteiger partial charge in [0.2, 0.25) is 0 Å². The zero-order valence-corrected chi connectivity index (χ0v) is 12.4. The van der Waals surface area contributed by atoms with Crippen LogP contribution >= 0.6 is 11.3 Å². The zero-order chi connectivity index (χ0) is 13.6. The van der Waals surface area contributed by atoms with Crippen molar-refractivity contribution < 1.29 is 4.74 Å². The number of aromatic nitrogens is 2. The summed E-state index contributed by atoms with van der Waals surface area (Å²) in [4.78, 5) is 8.05. The highest BCUT2D eigenvalue weighted by molar-refractivity contribution is 7.15. The summed E-state index contributed by atoms with van der Waals surface area (Å²) in [5.41, 5.74) is 6.85. The first-order valence-electron chi connectivity index (χ1n) is 6.57. The molecule has 0 amide bonds. The fraction of sp³-hybridized carbons (Fsp3) is 0.615. The number of thiazole rings is 1. The number of hydrogen-bond acceptors (Lipinski definition) is 5. The summed E-state index contributed by atoms with van der Waals surface area (Å²) >= 11 is 1.64. The highest BCUT2D eigenvalue weighted by Crippen LogP contribution is 2.29. The van der Waals surface area contributed by atoms with Crippen molar-refractivity contribution in [3.05, 3.63) is 17.3 Å². The third-order valence-electron chi connectivity index (χ3n) is 3.40. The molecule has 19 heavy (non-hydrogen) atoms. The Morgan fingerprint density at radius 1 is 1.58 bits per heavy atom. The second-order valence-electron chi connectivity index (χ2n) is 5.71. The number of nitrogens with zero attached hydrogens (tertiary/aromatic N) is 3. The van der Waals surface area contributed by atoms with E-state index in [1.54, 1.807) is 11.3 Å². The van der Waals surface area contributed by atoms with Gasteiger partial charge in [-0.15, -0.1) is 11.3 Å². The number of hydrogen-bond donors (Lipinski definition) is 1. The van der Waals surface area contributed by atoms with E-state index in [2.05, 4.69) is 30.1 Å². The van der Waals surface area contributed by atoms with Crippen LogP contribution in [0.4, 0.5) is 5.82 Å². The third kappa shape index (κ3) is 2.24. The molecule has 2 N–H and O–H groups in total. The van der Waals surface area contributed by atoms with Crippen LogP contribution in [0.25, 0.3) is 4.96 Å². The van der Waals surface area contributed by atoms with E-state index >= 15 is 0 Å². The van der Waals surface area contributed by atoms with Gasteiger partial charge in [0.1, 0.15) is 0 Å². The van der Waals surface area contributed by atoms with Gasteiger partial charge in [0.25, 0.3) is 0 Å². The van der Waals surface area contributed by atoms with Crippen molar-refractivity contribution in [2.45, 2.75) is 39.0 Å². The number of anilines is 1. The first kappa shape index (κ1) is 12.9. The Hall–Kier alpha value is -1.11. The Balaban J connectivity index is 2.01. The Labute approximate surface area is 117 Å². The quantitative estimate of drug-likeness (QED) is 0.912. The van der Waals surface area contributed by atoms with Crippen LogP contribution in [0.15, 0.2) is 11.6 Å². The zero-order valence-electron chi connectivity index (χ0n) is 11.6. The minimum Gasteiger partial charge on any atom is -0.369 e. The van der Waals surface area contributed by atoms with E-state index in [1.165, 1.54) is 0 Å². The van der Waals surface area contributed by atoms with Gasteiger partial charge in [-0.25, -0.2) is 4.98 Å². The number of rotatable bonds is 2. The molecule has 1 aliphatic rings. The van der Waals surface area contributed by atoms with Gasteiger partial charge in [0.05, 0.1) is 17.4 Å². The smallest absolute Gasteiger partial charge is 0.195 e. The topological polar surface area (TPSA) is 55.8 Å². The van der Waals surface area contributed by atoms with Gasteiger partial charge in [-0.1, -0.05) is 0 Å². The van der Waals surface area contributed by atoms with Crippen molar-refractivity contribution >= 4 is 22.1 Å². The van der Waals surface area contributed by atoms with E-state index in [9.17, 15) is 0 Å². The lowest BCUT2D eigenvalue weighted by Crippen LogP contribution is -2.52. The van der Waals surface area contributed by atoms with Crippen LogP contribution < -0.4 is 10.6 Å². The second kappa shape index (κ2) is 4.47. The standard InChI is InChI=1S/C13H20N4OS/c1-9-7-16(8-13(2,3)18-9)11-10(6-14)17-4-5-19-12(17)15-11/h4-5,9H,6-8,14H2,1-3H3. The highest BCUT2D eigenvalue weighted by atomic mass is 32.1. The molecule has 0 radical (unpaired) electrons. The van der Waals surface area contributed by atoms with E-state index in [4.69, 9.17) is 15.5 Å². The monoisotopic (exact) mass is 280 g/mol. The molecule has 1 saturated heterocycles. The van der Waals surface area contributed by atoms with Crippen molar-refractivity contribution in [1.29, 1.82) is 0 Å². The molecule has 104 valence electrons. The molecule has 2 aromatic heterocycles. The molecule has 3 rings (SSSR count). The Kier molecular flexibility index (Phi) is 3.03. The predicted octanol–water partition coefficient (Wildman–Crippen LogP) is 1.86. The maximum absolute atomic E-state index is 5.95. The number of fused-ring (bicyclic) bond motifs is 1. The van der Waals surface area contributed by atoms with Gasteiger partial charge in [-0.05, 0) is 20.8 Å². The van der Waals surface area contributed by atoms with Crippen molar-refractivity contribution in [2.24, 2.45) is 5.73 Å². The SMILES string of the molecule is CC1CN(c2nc3sccn3c2CN)CC(C)(C)O1. The van der Waals surface area contributed by atoms with Crippen molar-refractivity contribution in [1.82, 2.24) is 9.38 Å². The fourth-order valence-corrected chi connectivity index (χ4v) is 3.61. The summed E-state index contributed by atoms with van der Waals surface area (Å²) in [5, 5.41) is 2.04.